The summed E-state index contributed by atoms with van der Waals surface area (Å²) in [5, 5.41) is 13.7. The van der Waals surface area contributed by atoms with E-state index < -0.39 is 28.7 Å². The third kappa shape index (κ3) is 11.8. The van der Waals surface area contributed by atoms with Crippen molar-refractivity contribution < 1.29 is 24.3 Å². The Labute approximate surface area is 146 Å². The molecule has 8 nitrogen and oxygen atoms in total. The number of nitrogens with two attached hydrogens (primary N) is 1. The average Bonchev–Trinajstić information content (AvgIpc) is 2.40. The predicted molar refractivity (Wildman–Crippen MR) is 93.6 cm³/mol. The first-order chi connectivity index (χ1) is 10.4. The maximum absolute atomic E-state index is 11.8. The third-order valence-electron chi connectivity index (χ3n) is 2.47. The molecule has 2 atom stereocenters. The molecule has 134 valence electrons. The zero-order chi connectivity index (χ0) is 18.8. The van der Waals surface area contributed by atoms with E-state index in [9.17, 15) is 19.2 Å². The van der Waals surface area contributed by atoms with Crippen LogP contribution in [0.15, 0.2) is 0 Å². The van der Waals surface area contributed by atoms with Gasteiger partial charge in [-0.15, -0.1) is 0 Å². The molecule has 0 aliphatic carbocycles. The molecular formula is C13H25N3O5S2. The zero-order valence-corrected chi connectivity index (χ0v) is 15.4. The number of carboxylic acid groups (broad SMARTS) is 1. The molecule has 0 bridgehead atoms. The Morgan fingerprint density at radius 1 is 1.22 bits per heavy atom. The number of nitrogens with one attached hydrogen (secondary N) is 2. The normalized spacial score (nSPS) is 13.0. The van der Waals surface area contributed by atoms with Gasteiger partial charge in [0.2, 0.25) is 17.7 Å². The average molecular weight is 367 g/mol. The molecule has 2 unspecified atom stereocenters. The minimum Gasteiger partial charge on any atom is -0.480 e. The summed E-state index contributed by atoms with van der Waals surface area (Å²) >= 11 is 8.06. The smallest absolute Gasteiger partial charge is 0.327 e. The van der Waals surface area contributed by atoms with E-state index in [0.29, 0.717) is 6.42 Å². The van der Waals surface area contributed by atoms with Crippen molar-refractivity contribution in [1.29, 1.82) is 0 Å². The lowest BCUT2D eigenvalue weighted by molar-refractivity contribution is -0.142. The Morgan fingerprint density at radius 3 is 1.87 bits per heavy atom. The molecular weight excluding hydrogens is 342 g/mol. The van der Waals surface area contributed by atoms with Gasteiger partial charge >= 0.3 is 5.97 Å². The van der Waals surface area contributed by atoms with E-state index in [1.165, 1.54) is 6.92 Å². The van der Waals surface area contributed by atoms with Gasteiger partial charge in [-0.25, -0.2) is 4.79 Å². The van der Waals surface area contributed by atoms with Crippen LogP contribution in [-0.2, 0) is 19.2 Å². The van der Waals surface area contributed by atoms with Crippen LogP contribution in [0, 0.1) is 0 Å². The van der Waals surface area contributed by atoms with Crippen LogP contribution in [0.3, 0.4) is 0 Å². The molecule has 0 aliphatic heterocycles. The summed E-state index contributed by atoms with van der Waals surface area (Å²) in [7, 11) is 0. The number of amides is 3. The Kier molecular flexibility index (Phi) is 11.6. The molecule has 0 aromatic rings. The summed E-state index contributed by atoms with van der Waals surface area (Å²) in [4.78, 5) is 43.3. The molecule has 0 rings (SSSR count). The van der Waals surface area contributed by atoms with Gasteiger partial charge in [-0.2, -0.15) is 25.3 Å². The lowest BCUT2D eigenvalue weighted by atomic mass is 10.0. The summed E-state index contributed by atoms with van der Waals surface area (Å²) in [5.41, 5.74) is 4.65. The lowest BCUT2D eigenvalue weighted by Gasteiger charge is -2.28. The number of primary amides is 1. The van der Waals surface area contributed by atoms with E-state index in [0.717, 1.165) is 0 Å². The van der Waals surface area contributed by atoms with E-state index in [4.69, 9.17) is 5.11 Å². The van der Waals surface area contributed by atoms with E-state index in [1.807, 2.05) is 0 Å². The van der Waals surface area contributed by atoms with Crippen molar-refractivity contribution in [3.63, 3.8) is 0 Å². The van der Waals surface area contributed by atoms with Crippen LogP contribution in [0.1, 0.15) is 34.1 Å². The largest absolute Gasteiger partial charge is 0.480 e. The Balaban J connectivity index is 0. The highest BCUT2D eigenvalue weighted by Crippen LogP contribution is 2.17. The molecule has 0 heterocycles. The van der Waals surface area contributed by atoms with Gasteiger partial charge in [-0.05, 0) is 13.8 Å². The van der Waals surface area contributed by atoms with Crippen LogP contribution in [0.25, 0.3) is 0 Å². The molecule has 0 saturated carbocycles. The molecule has 0 saturated heterocycles. The first-order valence-corrected chi connectivity index (χ1v) is 7.86. The van der Waals surface area contributed by atoms with Gasteiger partial charge < -0.3 is 21.5 Å². The standard InChI is InChI=1S/C10H18N2O4S2.C3H7NO/c1-5(13)11-6(4-17)8(14)12-7(9(15)16)10(2,3)18;1-2-3(4)5/h6-7,17-18H,4H2,1-3H3,(H,11,13)(H,12,14)(H,15,16);2H2,1H3,(H2,4,5). The second kappa shape index (κ2) is 11.2. The van der Waals surface area contributed by atoms with Gasteiger partial charge in [-0.3, -0.25) is 14.4 Å². The maximum Gasteiger partial charge on any atom is 0.327 e. The fourth-order valence-electron chi connectivity index (χ4n) is 1.22. The summed E-state index contributed by atoms with van der Waals surface area (Å²) < 4.78 is -0.932. The first-order valence-electron chi connectivity index (χ1n) is 6.78. The zero-order valence-electron chi connectivity index (χ0n) is 13.6. The van der Waals surface area contributed by atoms with Crippen LogP contribution in [0.4, 0.5) is 0 Å². The molecule has 0 fully saturated rings. The fraction of sp³-hybridized carbons (Fsp3) is 0.692. The molecule has 0 spiro atoms. The summed E-state index contributed by atoms with van der Waals surface area (Å²) in [5.74, 6) is -2.35. The highest BCUT2D eigenvalue weighted by atomic mass is 32.1. The van der Waals surface area contributed by atoms with Crippen LogP contribution >= 0.6 is 25.3 Å². The van der Waals surface area contributed by atoms with Crippen LogP contribution in [0.2, 0.25) is 0 Å². The predicted octanol–water partition coefficient (Wildman–Crippen LogP) is -0.420. The third-order valence-corrected chi connectivity index (χ3v) is 3.09. The maximum atomic E-state index is 11.8. The topological polar surface area (TPSA) is 139 Å². The van der Waals surface area contributed by atoms with Crippen molar-refractivity contribution in [3.05, 3.63) is 0 Å². The summed E-state index contributed by atoms with van der Waals surface area (Å²) in [6.45, 7) is 6.13. The monoisotopic (exact) mass is 367 g/mol. The van der Waals surface area contributed by atoms with Gasteiger partial charge in [0.15, 0.2) is 0 Å². The van der Waals surface area contributed by atoms with Gasteiger partial charge in [0, 0.05) is 23.8 Å². The number of carbonyl (C=O) groups excluding carboxylic acids is 3. The molecule has 5 N–H and O–H groups in total. The number of thiol groups is 2. The Hall–Kier alpha value is -1.42. The number of aliphatic carboxylic acids is 1. The Morgan fingerprint density at radius 2 is 1.65 bits per heavy atom. The number of carboxylic acids is 1. The van der Waals surface area contributed by atoms with E-state index in [1.54, 1.807) is 20.8 Å². The van der Waals surface area contributed by atoms with Crippen molar-refractivity contribution in [1.82, 2.24) is 10.6 Å². The van der Waals surface area contributed by atoms with Gasteiger partial charge in [0.1, 0.15) is 12.1 Å². The quantitative estimate of drug-likeness (QED) is 0.339. The summed E-state index contributed by atoms with van der Waals surface area (Å²) in [6.07, 6.45) is 0.444. The number of hydrogen-bond donors (Lipinski definition) is 6. The van der Waals surface area contributed by atoms with Crippen LogP contribution < -0.4 is 16.4 Å². The van der Waals surface area contributed by atoms with Crippen molar-refractivity contribution in [2.24, 2.45) is 5.73 Å². The second-order valence-corrected chi connectivity index (χ2v) is 6.71. The molecule has 0 aromatic carbocycles. The van der Waals surface area contributed by atoms with Crippen molar-refractivity contribution >= 4 is 48.9 Å². The SMILES string of the molecule is CC(=O)NC(CS)C(=O)NC(C(=O)O)C(C)(C)S.CCC(N)=O. The number of carbonyl (C=O) groups is 4. The lowest BCUT2D eigenvalue weighted by Crippen LogP contribution is -2.57. The first kappa shape index (κ1) is 23.8. The molecule has 3 amide bonds. The van der Waals surface area contributed by atoms with Crippen LogP contribution in [-0.4, -0.2) is 51.4 Å². The van der Waals surface area contributed by atoms with Crippen LogP contribution in [0.5, 0.6) is 0 Å². The highest BCUT2D eigenvalue weighted by molar-refractivity contribution is 7.81. The summed E-state index contributed by atoms with van der Waals surface area (Å²) in [6, 6.07) is -2.03. The van der Waals surface area contributed by atoms with Gasteiger partial charge in [-0.1, -0.05) is 6.92 Å². The van der Waals surface area contributed by atoms with Gasteiger partial charge in [0.05, 0.1) is 0 Å². The van der Waals surface area contributed by atoms with Crippen molar-refractivity contribution in [3.8, 4) is 0 Å². The number of rotatable bonds is 7. The molecule has 0 aliphatic rings. The molecule has 0 radical (unpaired) electrons. The van der Waals surface area contributed by atoms with E-state index >= 15 is 0 Å². The minimum absolute atomic E-state index is 0.0742. The fourth-order valence-corrected chi connectivity index (χ4v) is 1.65. The number of hydrogen-bond acceptors (Lipinski definition) is 6. The van der Waals surface area contributed by atoms with E-state index in [2.05, 4.69) is 41.6 Å². The second-order valence-electron chi connectivity index (χ2n) is 5.19. The molecule has 10 heteroatoms. The minimum atomic E-state index is -1.19. The Bertz CT molecular complexity index is 438. The van der Waals surface area contributed by atoms with Crippen molar-refractivity contribution in [2.75, 3.05) is 5.75 Å². The highest BCUT2D eigenvalue weighted by Gasteiger charge is 2.35. The van der Waals surface area contributed by atoms with E-state index in [-0.39, 0.29) is 17.6 Å². The van der Waals surface area contributed by atoms with Crippen molar-refractivity contribution in [2.45, 2.75) is 50.9 Å². The molecule has 23 heavy (non-hydrogen) atoms. The van der Waals surface area contributed by atoms with Gasteiger partial charge in [0.25, 0.3) is 0 Å². The molecule has 0 aromatic heterocycles.